The molecule has 4 heteroatoms. The molecule has 0 radical (unpaired) electrons. The van der Waals surface area contributed by atoms with Crippen LogP contribution in [0.3, 0.4) is 0 Å². The minimum absolute atomic E-state index is 0.144. The zero-order valence-electron chi connectivity index (χ0n) is 16.9. The Kier molecular flexibility index (Phi) is 5.47. The number of rotatable bonds is 7. The Labute approximate surface area is 167 Å². The van der Waals surface area contributed by atoms with Crippen molar-refractivity contribution in [2.45, 2.75) is 58.4 Å². The molecule has 1 amide bonds. The number of nitrogens with zero attached hydrogens (tertiary/aromatic N) is 3. The maximum atomic E-state index is 12.8. The molecule has 4 rings (SSSR count). The van der Waals surface area contributed by atoms with Crippen molar-refractivity contribution in [2.24, 2.45) is 0 Å². The van der Waals surface area contributed by atoms with E-state index in [2.05, 4.69) is 42.7 Å². The van der Waals surface area contributed by atoms with Crippen LogP contribution in [0.15, 0.2) is 48.5 Å². The number of imidazole rings is 1. The molecule has 146 valence electrons. The molecule has 0 N–H and O–H groups in total. The molecule has 0 spiro atoms. The zero-order valence-corrected chi connectivity index (χ0v) is 16.9. The number of fused-ring (bicyclic) bond motifs is 1. The Bertz CT molecular complexity index is 975. The van der Waals surface area contributed by atoms with Crippen LogP contribution < -0.4 is 4.90 Å². The molecule has 1 aromatic heterocycles. The maximum Gasteiger partial charge on any atom is 0.227 e. The molecule has 3 aromatic rings. The number of unbranched alkanes of at least 4 members (excludes halogenated alkanes) is 3. The summed E-state index contributed by atoms with van der Waals surface area (Å²) in [5, 5.41) is 0. The van der Waals surface area contributed by atoms with Crippen molar-refractivity contribution in [1.82, 2.24) is 9.55 Å². The highest BCUT2D eigenvalue weighted by molar-refractivity contribution is 5.97. The van der Waals surface area contributed by atoms with Crippen LogP contribution in [-0.4, -0.2) is 22.0 Å². The molecule has 4 nitrogen and oxygen atoms in total. The smallest absolute Gasteiger partial charge is 0.227 e. The summed E-state index contributed by atoms with van der Waals surface area (Å²) in [4.78, 5) is 19.7. The van der Waals surface area contributed by atoms with E-state index in [-0.39, 0.29) is 11.8 Å². The van der Waals surface area contributed by atoms with Crippen LogP contribution in [-0.2, 0) is 11.3 Å². The lowest BCUT2D eigenvalue weighted by Gasteiger charge is -2.19. The summed E-state index contributed by atoms with van der Waals surface area (Å²) in [6.07, 6.45) is 5.43. The van der Waals surface area contributed by atoms with E-state index in [0.717, 1.165) is 35.6 Å². The number of hydrogen-bond acceptors (Lipinski definition) is 2. The fourth-order valence-corrected chi connectivity index (χ4v) is 4.32. The third-order valence-corrected chi connectivity index (χ3v) is 5.82. The van der Waals surface area contributed by atoms with E-state index >= 15 is 0 Å². The zero-order chi connectivity index (χ0) is 19.5. The van der Waals surface area contributed by atoms with E-state index in [0.29, 0.717) is 13.0 Å². The lowest BCUT2D eigenvalue weighted by molar-refractivity contribution is -0.117. The Hall–Kier alpha value is -2.62. The summed E-state index contributed by atoms with van der Waals surface area (Å²) in [7, 11) is 0. The predicted molar refractivity (Wildman–Crippen MR) is 115 cm³/mol. The summed E-state index contributed by atoms with van der Waals surface area (Å²) < 4.78 is 2.37. The summed E-state index contributed by atoms with van der Waals surface area (Å²) in [6, 6.07) is 16.5. The van der Waals surface area contributed by atoms with E-state index in [9.17, 15) is 4.79 Å². The van der Waals surface area contributed by atoms with E-state index in [1.165, 1.54) is 24.8 Å². The molecule has 0 aliphatic carbocycles. The number of aromatic nitrogens is 2. The Morgan fingerprint density at radius 2 is 1.82 bits per heavy atom. The second kappa shape index (κ2) is 8.17. The molecular weight excluding hydrogens is 346 g/mol. The van der Waals surface area contributed by atoms with Gasteiger partial charge in [-0.1, -0.05) is 56.5 Å². The van der Waals surface area contributed by atoms with Crippen molar-refractivity contribution < 1.29 is 4.79 Å². The molecule has 0 saturated carbocycles. The summed E-state index contributed by atoms with van der Waals surface area (Å²) in [5.41, 5.74) is 4.40. The predicted octanol–water partition coefficient (Wildman–Crippen LogP) is 5.45. The fraction of sp³-hybridized carbons (Fsp3) is 0.417. The minimum atomic E-state index is 0.144. The van der Waals surface area contributed by atoms with Crippen molar-refractivity contribution in [2.75, 3.05) is 11.4 Å². The summed E-state index contributed by atoms with van der Waals surface area (Å²) in [6.45, 7) is 5.99. The van der Waals surface area contributed by atoms with Crippen LogP contribution in [0.1, 0.15) is 56.3 Å². The van der Waals surface area contributed by atoms with E-state index in [1.54, 1.807) is 0 Å². The molecular formula is C24H29N3O. The number of benzene rings is 2. The molecule has 1 atom stereocenters. The third kappa shape index (κ3) is 3.56. The number of amides is 1. The quantitative estimate of drug-likeness (QED) is 0.515. The van der Waals surface area contributed by atoms with Gasteiger partial charge in [0.05, 0.1) is 11.0 Å². The maximum absolute atomic E-state index is 12.8. The van der Waals surface area contributed by atoms with Gasteiger partial charge in [0.2, 0.25) is 5.91 Å². The van der Waals surface area contributed by atoms with Gasteiger partial charge in [-0.15, -0.1) is 0 Å². The number of anilines is 1. The average Bonchev–Trinajstić information content (AvgIpc) is 3.26. The van der Waals surface area contributed by atoms with Crippen molar-refractivity contribution >= 4 is 22.6 Å². The lowest BCUT2D eigenvalue weighted by atomic mass is 10.1. The average molecular weight is 376 g/mol. The van der Waals surface area contributed by atoms with Gasteiger partial charge in [-0.3, -0.25) is 4.79 Å². The van der Waals surface area contributed by atoms with Crippen molar-refractivity contribution in [3.05, 3.63) is 59.9 Å². The molecule has 1 aliphatic rings. The number of aryl methyl sites for hydroxylation is 2. The van der Waals surface area contributed by atoms with Gasteiger partial charge in [0, 0.05) is 31.1 Å². The molecule has 0 unspecified atom stereocenters. The molecule has 28 heavy (non-hydrogen) atoms. The first-order valence-corrected chi connectivity index (χ1v) is 10.5. The highest BCUT2D eigenvalue weighted by Crippen LogP contribution is 2.34. The number of para-hydroxylation sites is 3. The van der Waals surface area contributed by atoms with Crippen LogP contribution in [0.4, 0.5) is 5.69 Å². The van der Waals surface area contributed by atoms with E-state index < -0.39 is 0 Å². The van der Waals surface area contributed by atoms with Crippen LogP contribution in [0.2, 0.25) is 0 Å². The van der Waals surface area contributed by atoms with Crippen LogP contribution in [0, 0.1) is 6.92 Å². The summed E-state index contributed by atoms with van der Waals surface area (Å²) >= 11 is 0. The fourth-order valence-electron chi connectivity index (χ4n) is 4.32. The molecule has 1 fully saturated rings. The lowest BCUT2D eigenvalue weighted by Crippen LogP contribution is -2.25. The van der Waals surface area contributed by atoms with Gasteiger partial charge < -0.3 is 9.47 Å². The number of hydrogen-bond donors (Lipinski definition) is 0. The Morgan fingerprint density at radius 1 is 1.04 bits per heavy atom. The minimum Gasteiger partial charge on any atom is -0.328 e. The number of carbonyl (C=O) groups is 1. The van der Waals surface area contributed by atoms with Gasteiger partial charge in [-0.25, -0.2) is 4.98 Å². The SMILES string of the molecule is CCCCCCn1c([C@@H]2CC(=O)N(c3ccccc3C)C2)nc2ccccc21. The van der Waals surface area contributed by atoms with Crippen LogP contribution in [0.5, 0.6) is 0 Å². The molecule has 2 aromatic carbocycles. The Morgan fingerprint density at radius 3 is 2.64 bits per heavy atom. The van der Waals surface area contributed by atoms with Gasteiger partial charge in [-0.2, -0.15) is 0 Å². The molecule has 0 bridgehead atoms. The van der Waals surface area contributed by atoms with Gasteiger partial charge >= 0.3 is 0 Å². The largest absolute Gasteiger partial charge is 0.328 e. The van der Waals surface area contributed by atoms with Crippen molar-refractivity contribution in [3.63, 3.8) is 0 Å². The van der Waals surface area contributed by atoms with Gasteiger partial charge in [-0.05, 0) is 37.1 Å². The van der Waals surface area contributed by atoms with Gasteiger partial charge in [0.1, 0.15) is 5.82 Å². The van der Waals surface area contributed by atoms with Crippen molar-refractivity contribution in [3.8, 4) is 0 Å². The second-order valence-electron chi connectivity index (χ2n) is 7.86. The van der Waals surface area contributed by atoms with E-state index in [4.69, 9.17) is 4.98 Å². The first kappa shape index (κ1) is 18.7. The topological polar surface area (TPSA) is 38.1 Å². The van der Waals surface area contributed by atoms with Gasteiger partial charge in [0.15, 0.2) is 0 Å². The highest BCUT2D eigenvalue weighted by atomic mass is 16.2. The highest BCUT2D eigenvalue weighted by Gasteiger charge is 2.35. The monoisotopic (exact) mass is 375 g/mol. The standard InChI is InChI=1S/C24H29N3O/c1-3-4-5-10-15-26-22-14-9-7-12-20(22)25-24(26)19-16-23(28)27(17-19)21-13-8-6-11-18(21)2/h6-9,11-14,19H,3-5,10,15-17H2,1-2H3/t19-/m1/s1. The van der Waals surface area contributed by atoms with Gasteiger partial charge in [0.25, 0.3) is 0 Å². The van der Waals surface area contributed by atoms with Crippen LogP contribution in [0.25, 0.3) is 11.0 Å². The number of carbonyl (C=O) groups excluding carboxylic acids is 1. The molecule has 1 saturated heterocycles. The molecule has 2 heterocycles. The van der Waals surface area contributed by atoms with Crippen LogP contribution >= 0.6 is 0 Å². The Balaban J connectivity index is 1.63. The second-order valence-corrected chi connectivity index (χ2v) is 7.86. The first-order valence-electron chi connectivity index (χ1n) is 10.5. The summed E-state index contributed by atoms with van der Waals surface area (Å²) in [5.74, 6) is 1.41. The first-order chi connectivity index (χ1) is 13.7. The van der Waals surface area contributed by atoms with Crippen molar-refractivity contribution in [1.29, 1.82) is 0 Å². The normalized spacial score (nSPS) is 17.0. The van der Waals surface area contributed by atoms with E-state index in [1.807, 2.05) is 29.2 Å². The molecule has 1 aliphatic heterocycles. The third-order valence-electron chi connectivity index (χ3n) is 5.82.